The van der Waals surface area contributed by atoms with Crippen LogP contribution in [0.25, 0.3) is 0 Å². The van der Waals surface area contributed by atoms with Crippen LogP contribution in [0.1, 0.15) is 19.8 Å². The molecule has 58 valence electrons. The van der Waals surface area contributed by atoms with Crippen molar-refractivity contribution >= 4 is 43.7 Å². The van der Waals surface area contributed by atoms with Gasteiger partial charge in [0.1, 0.15) is 0 Å². The number of hydrogen-bond donors (Lipinski definition) is 3. The van der Waals surface area contributed by atoms with Crippen molar-refractivity contribution in [3.05, 3.63) is 0 Å². The van der Waals surface area contributed by atoms with Crippen LogP contribution in [-0.2, 0) is 4.79 Å². The monoisotopic (exact) mass is 174 g/mol. The van der Waals surface area contributed by atoms with E-state index in [9.17, 15) is 4.79 Å². The van der Waals surface area contributed by atoms with Gasteiger partial charge in [0.25, 0.3) is 0 Å². The number of rotatable bonds is 3. The van der Waals surface area contributed by atoms with Gasteiger partial charge < -0.3 is 16.6 Å². The van der Waals surface area contributed by atoms with Crippen molar-refractivity contribution in [2.75, 3.05) is 0 Å². The average molecular weight is 174 g/mol. The maximum atomic E-state index is 10.0. The summed E-state index contributed by atoms with van der Waals surface area (Å²) in [6, 6.07) is 0. The number of carbonyl (C=O) groups is 1. The van der Waals surface area contributed by atoms with Gasteiger partial charge in [0, 0.05) is 0 Å². The molecule has 4 nitrogen and oxygen atoms in total. The van der Waals surface area contributed by atoms with Crippen molar-refractivity contribution in [1.29, 1.82) is 0 Å². The van der Waals surface area contributed by atoms with Crippen LogP contribution in [0.2, 0.25) is 0 Å². The molecule has 0 saturated heterocycles. The quantitative estimate of drug-likeness (QED) is 0.361. The third-order valence-electron chi connectivity index (χ3n) is 1.14. The van der Waals surface area contributed by atoms with E-state index < -0.39 is 11.6 Å². The summed E-state index contributed by atoms with van der Waals surface area (Å²) < 4.78 is 0. The van der Waals surface area contributed by atoms with E-state index in [-0.39, 0.29) is 44.2 Å². The number of carboxylic acid groups (broad SMARTS) is 1. The Balaban J connectivity index is 0. The summed E-state index contributed by atoms with van der Waals surface area (Å²) in [4.78, 5) is 10.0. The maximum absolute atomic E-state index is 10.0. The average Bonchev–Trinajstić information content (AvgIpc) is 1.63. The Hall–Kier alpha value is 0.650. The summed E-state index contributed by atoms with van der Waals surface area (Å²) in [5.74, 6) is -0.957. The first-order valence-electron chi connectivity index (χ1n) is 2.77. The third-order valence-corrected chi connectivity index (χ3v) is 1.14. The molecule has 0 saturated carbocycles. The van der Waals surface area contributed by atoms with E-state index in [2.05, 4.69) is 0 Å². The van der Waals surface area contributed by atoms with Gasteiger partial charge in [0.2, 0.25) is 0 Å². The molecule has 0 fully saturated rings. The summed E-state index contributed by atoms with van der Waals surface area (Å²) in [5.41, 5.74) is 9.59. The summed E-state index contributed by atoms with van der Waals surface area (Å²) in [6.45, 7) is 1.75. The van der Waals surface area contributed by atoms with Crippen molar-refractivity contribution in [3.63, 3.8) is 0 Å². The van der Waals surface area contributed by atoms with E-state index in [1.807, 2.05) is 0 Å². The van der Waals surface area contributed by atoms with Gasteiger partial charge in [0.15, 0.2) is 0 Å². The first-order valence-corrected chi connectivity index (χ1v) is 2.77. The standard InChI is InChI=1S/C5H12N2O2.Ca.2H/c1-2-5(6,7)3-4(8)9;;;/h2-3,6-7H2,1H3,(H,8,9);;;. The minimum atomic E-state index is -1.04. The molecule has 0 atom stereocenters. The Morgan fingerprint density at radius 1 is 1.60 bits per heavy atom. The SMILES string of the molecule is CCC(N)(N)CC(=O)O.[CaH2]. The van der Waals surface area contributed by atoms with E-state index in [4.69, 9.17) is 16.6 Å². The predicted molar refractivity (Wildman–Crippen MR) is 42.2 cm³/mol. The molecule has 0 bridgehead atoms. The molecule has 0 aromatic carbocycles. The van der Waals surface area contributed by atoms with Gasteiger partial charge in [-0.15, -0.1) is 0 Å². The molecular weight excluding hydrogens is 160 g/mol. The second kappa shape index (κ2) is 5.32. The van der Waals surface area contributed by atoms with Gasteiger partial charge in [-0.25, -0.2) is 0 Å². The fourth-order valence-corrected chi connectivity index (χ4v) is 0.407. The molecule has 0 aliphatic heterocycles. The third kappa shape index (κ3) is 6.77. The Kier molecular flexibility index (Phi) is 7.05. The summed E-state index contributed by atoms with van der Waals surface area (Å²) in [6.07, 6.45) is 0.294. The van der Waals surface area contributed by atoms with Crippen molar-refractivity contribution in [2.24, 2.45) is 11.5 Å². The topological polar surface area (TPSA) is 89.3 Å². The van der Waals surface area contributed by atoms with Gasteiger partial charge in [-0.2, -0.15) is 0 Å². The molecule has 0 radical (unpaired) electrons. The molecule has 0 amide bonds. The fraction of sp³-hybridized carbons (Fsp3) is 0.800. The molecule has 0 aliphatic carbocycles. The van der Waals surface area contributed by atoms with Gasteiger partial charge in [-0.3, -0.25) is 4.79 Å². The molecule has 0 aliphatic rings. The number of hydrogen-bond acceptors (Lipinski definition) is 3. The molecule has 10 heavy (non-hydrogen) atoms. The summed E-state index contributed by atoms with van der Waals surface area (Å²) >= 11 is 0. The second-order valence-corrected chi connectivity index (χ2v) is 2.16. The fourth-order valence-electron chi connectivity index (χ4n) is 0.407. The molecular formula is C5H14CaN2O2. The zero-order valence-corrected chi connectivity index (χ0v) is 5.42. The number of aliphatic carboxylic acids is 1. The molecule has 0 heterocycles. The van der Waals surface area contributed by atoms with Gasteiger partial charge in [-0.05, 0) is 6.42 Å². The van der Waals surface area contributed by atoms with Crippen LogP contribution in [0.3, 0.4) is 0 Å². The van der Waals surface area contributed by atoms with Crippen LogP contribution in [0, 0.1) is 0 Å². The van der Waals surface area contributed by atoms with Crippen molar-refractivity contribution in [2.45, 2.75) is 25.4 Å². The zero-order valence-electron chi connectivity index (χ0n) is 5.42. The number of nitrogens with two attached hydrogens (primary N) is 2. The van der Waals surface area contributed by atoms with Gasteiger partial charge >= 0.3 is 43.7 Å². The van der Waals surface area contributed by atoms with Crippen LogP contribution >= 0.6 is 0 Å². The molecule has 0 aromatic rings. The van der Waals surface area contributed by atoms with E-state index in [0.717, 1.165) is 0 Å². The molecule has 5 heteroatoms. The Morgan fingerprint density at radius 3 is 2.10 bits per heavy atom. The van der Waals surface area contributed by atoms with Crippen molar-refractivity contribution < 1.29 is 9.90 Å². The number of carboxylic acids is 1. The predicted octanol–water partition coefficient (Wildman–Crippen LogP) is -1.43. The van der Waals surface area contributed by atoms with E-state index in [1.165, 1.54) is 0 Å². The Bertz CT molecular complexity index is 116. The molecule has 0 aromatic heterocycles. The van der Waals surface area contributed by atoms with Crippen LogP contribution in [0.15, 0.2) is 0 Å². The second-order valence-electron chi connectivity index (χ2n) is 2.16. The van der Waals surface area contributed by atoms with Crippen LogP contribution in [0.4, 0.5) is 0 Å². The van der Waals surface area contributed by atoms with E-state index in [0.29, 0.717) is 6.42 Å². The summed E-state index contributed by atoms with van der Waals surface area (Å²) in [5, 5.41) is 8.22. The molecule has 0 unspecified atom stereocenters. The normalized spacial score (nSPS) is 10.3. The molecule has 0 spiro atoms. The Labute approximate surface area is 90.0 Å². The van der Waals surface area contributed by atoms with E-state index in [1.54, 1.807) is 6.92 Å². The van der Waals surface area contributed by atoms with Crippen LogP contribution < -0.4 is 11.5 Å². The van der Waals surface area contributed by atoms with Gasteiger partial charge in [0.05, 0.1) is 12.1 Å². The van der Waals surface area contributed by atoms with E-state index >= 15 is 0 Å². The van der Waals surface area contributed by atoms with Crippen LogP contribution in [0.5, 0.6) is 0 Å². The Morgan fingerprint density at radius 2 is 2.00 bits per heavy atom. The molecule has 0 rings (SSSR count). The first-order chi connectivity index (χ1) is 3.98. The molecule has 5 N–H and O–H groups in total. The zero-order chi connectivity index (χ0) is 7.49. The summed E-state index contributed by atoms with van der Waals surface area (Å²) in [7, 11) is 0. The first kappa shape index (κ1) is 13.3. The van der Waals surface area contributed by atoms with Crippen molar-refractivity contribution in [1.82, 2.24) is 0 Å². The van der Waals surface area contributed by atoms with Gasteiger partial charge in [-0.1, -0.05) is 6.92 Å². The van der Waals surface area contributed by atoms with Crippen LogP contribution in [-0.4, -0.2) is 54.5 Å². The minimum absolute atomic E-state index is 0. The van der Waals surface area contributed by atoms with Crippen molar-refractivity contribution in [3.8, 4) is 0 Å².